The average molecular weight is 250 g/mol. The molecule has 102 valence electrons. The van der Waals surface area contributed by atoms with Crippen LogP contribution < -0.4 is 11.3 Å². The summed E-state index contributed by atoms with van der Waals surface area (Å²) in [6, 6.07) is 2.31. The summed E-state index contributed by atoms with van der Waals surface area (Å²) < 4.78 is 0. The van der Waals surface area contributed by atoms with E-state index in [-0.39, 0.29) is 6.04 Å². The van der Waals surface area contributed by atoms with E-state index in [9.17, 15) is 0 Å². The predicted octanol–water partition coefficient (Wildman–Crippen LogP) is 2.82. The zero-order valence-electron chi connectivity index (χ0n) is 11.9. The van der Waals surface area contributed by atoms with Crippen molar-refractivity contribution < 1.29 is 0 Å². The van der Waals surface area contributed by atoms with Crippen molar-refractivity contribution >= 4 is 0 Å². The Hall–Kier alpha value is -1.00. The maximum absolute atomic E-state index is 5.70. The van der Waals surface area contributed by atoms with Gasteiger partial charge in [-0.15, -0.1) is 0 Å². The highest BCUT2D eigenvalue weighted by atomic mass is 15.2. The number of nitrogens with zero attached hydrogens (tertiary/aromatic N) is 2. The van der Waals surface area contributed by atoms with Crippen LogP contribution in [0.1, 0.15) is 68.9 Å². The molecule has 18 heavy (non-hydrogen) atoms. The van der Waals surface area contributed by atoms with Gasteiger partial charge in [0.25, 0.3) is 0 Å². The van der Waals surface area contributed by atoms with Crippen LogP contribution in [0, 0.1) is 6.92 Å². The van der Waals surface area contributed by atoms with Gasteiger partial charge in [0.05, 0.1) is 11.4 Å². The van der Waals surface area contributed by atoms with E-state index in [1.165, 1.54) is 31.2 Å². The van der Waals surface area contributed by atoms with E-state index in [2.05, 4.69) is 35.5 Å². The molecule has 0 bridgehead atoms. The first-order chi connectivity index (χ1) is 8.72. The SMILES string of the molecule is CCCCCCC(NN)c1cc(C)nnc1CC. The average Bonchev–Trinajstić information content (AvgIpc) is 2.39. The van der Waals surface area contributed by atoms with Gasteiger partial charge in [0, 0.05) is 6.04 Å². The molecular formula is C14H26N4. The summed E-state index contributed by atoms with van der Waals surface area (Å²) in [4.78, 5) is 0. The highest BCUT2D eigenvalue weighted by Crippen LogP contribution is 2.22. The fourth-order valence-corrected chi connectivity index (χ4v) is 2.21. The molecule has 1 aromatic rings. The summed E-state index contributed by atoms with van der Waals surface area (Å²) in [5.74, 6) is 5.70. The topological polar surface area (TPSA) is 63.8 Å². The van der Waals surface area contributed by atoms with E-state index in [1.807, 2.05) is 6.92 Å². The number of nitrogens with one attached hydrogen (secondary N) is 1. The van der Waals surface area contributed by atoms with Crippen LogP contribution in [-0.4, -0.2) is 10.2 Å². The van der Waals surface area contributed by atoms with E-state index >= 15 is 0 Å². The van der Waals surface area contributed by atoms with Gasteiger partial charge in [-0.25, -0.2) is 0 Å². The molecule has 0 saturated heterocycles. The highest BCUT2D eigenvalue weighted by Gasteiger charge is 2.14. The minimum Gasteiger partial charge on any atom is -0.271 e. The van der Waals surface area contributed by atoms with Gasteiger partial charge in [-0.1, -0.05) is 39.5 Å². The highest BCUT2D eigenvalue weighted by molar-refractivity contribution is 5.24. The summed E-state index contributed by atoms with van der Waals surface area (Å²) in [7, 11) is 0. The maximum atomic E-state index is 5.70. The van der Waals surface area contributed by atoms with E-state index in [0.29, 0.717) is 0 Å². The number of rotatable bonds is 8. The number of hydrazine groups is 1. The molecule has 4 heteroatoms. The van der Waals surface area contributed by atoms with Crippen molar-refractivity contribution in [2.24, 2.45) is 5.84 Å². The number of hydrogen-bond acceptors (Lipinski definition) is 4. The lowest BCUT2D eigenvalue weighted by atomic mass is 9.98. The van der Waals surface area contributed by atoms with Crippen LogP contribution in [0.5, 0.6) is 0 Å². The first kappa shape index (κ1) is 15.1. The molecule has 1 atom stereocenters. The zero-order valence-corrected chi connectivity index (χ0v) is 11.9. The number of hydrogen-bond donors (Lipinski definition) is 2. The van der Waals surface area contributed by atoms with Gasteiger partial charge in [-0.2, -0.15) is 10.2 Å². The Morgan fingerprint density at radius 1 is 1.22 bits per heavy atom. The lowest BCUT2D eigenvalue weighted by molar-refractivity contribution is 0.476. The van der Waals surface area contributed by atoms with Crippen LogP contribution >= 0.6 is 0 Å². The molecule has 1 aromatic heterocycles. The normalized spacial score (nSPS) is 12.7. The second kappa shape index (κ2) is 8.16. The molecule has 0 aliphatic rings. The number of nitrogens with two attached hydrogens (primary N) is 1. The van der Waals surface area contributed by atoms with Crippen LogP contribution in [-0.2, 0) is 6.42 Å². The van der Waals surface area contributed by atoms with Gasteiger partial charge in [0.15, 0.2) is 0 Å². The molecule has 1 unspecified atom stereocenters. The molecule has 3 N–H and O–H groups in total. The molecule has 0 fully saturated rings. The zero-order chi connectivity index (χ0) is 13.4. The molecule has 1 rings (SSSR count). The number of aryl methyl sites for hydroxylation is 2. The molecule has 0 aromatic carbocycles. The standard InChI is InChI=1S/C14H26N4/c1-4-6-7-8-9-14(16-15)12-10-11(3)17-18-13(12)5-2/h10,14,16H,4-9,15H2,1-3H3. The molecule has 0 saturated carbocycles. The van der Waals surface area contributed by atoms with Crippen LogP contribution in [0.3, 0.4) is 0 Å². The lowest BCUT2D eigenvalue weighted by Crippen LogP contribution is -2.29. The van der Waals surface area contributed by atoms with Crippen LogP contribution in [0.15, 0.2) is 6.07 Å². The molecule has 1 heterocycles. The third-order valence-corrected chi connectivity index (χ3v) is 3.28. The van der Waals surface area contributed by atoms with Gasteiger partial charge < -0.3 is 0 Å². The molecule has 0 spiro atoms. The third-order valence-electron chi connectivity index (χ3n) is 3.28. The van der Waals surface area contributed by atoms with Gasteiger partial charge in [-0.05, 0) is 31.4 Å². The molecule has 0 aliphatic carbocycles. The molecular weight excluding hydrogens is 224 g/mol. The second-order valence-electron chi connectivity index (χ2n) is 4.81. The Morgan fingerprint density at radius 3 is 2.61 bits per heavy atom. The lowest BCUT2D eigenvalue weighted by Gasteiger charge is -2.18. The van der Waals surface area contributed by atoms with E-state index < -0.39 is 0 Å². The summed E-state index contributed by atoms with van der Waals surface area (Å²) >= 11 is 0. The van der Waals surface area contributed by atoms with E-state index in [1.54, 1.807) is 0 Å². The third kappa shape index (κ3) is 4.35. The number of unbranched alkanes of at least 4 members (excludes halogenated alkanes) is 3. The van der Waals surface area contributed by atoms with Crippen LogP contribution in [0.4, 0.5) is 0 Å². The Bertz CT molecular complexity index is 352. The predicted molar refractivity (Wildman–Crippen MR) is 75.0 cm³/mol. The van der Waals surface area contributed by atoms with Crippen molar-refractivity contribution in [2.45, 2.75) is 65.3 Å². The number of aromatic nitrogens is 2. The van der Waals surface area contributed by atoms with Crippen molar-refractivity contribution in [2.75, 3.05) is 0 Å². The molecule has 4 nitrogen and oxygen atoms in total. The minimum absolute atomic E-state index is 0.200. The quantitative estimate of drug-likeness (QED) is 0.423. The monoisotopic (exact) mass is 250 g/mol. The van der Waals surface area contributed by atoms with E-state index in [0.717, 1.165) is 24.2 Å². The Morgan fingerprint density at radius 2 is 2.00 bits per heavy atom. The van der Waals surface area contributed by atoms with Crippen LogP contribution in [0.2, 0.25) is 0 Å². The van der Waals surface area contributed by atoms with Gasteiger partial charge >= 0.3 is 0 Å². The largest absolute Gasteiger partial charge is 0.271 e. The summed E-state index contributed by atoms with van der Waals surface area (Å²) in [6.07, 6.45) is 6.99. The molecule has 0 radical (unpaired) electrons. The fraction of sp³-hybridized carbons (Fsp3) is 0.714. The smallest absolute Gasteiger partial charge is 0.0676 e. The molecule has 0 aliphatic heterocycles. The van der Waals surface area contributed by atoms with E-state index in [4.69, 9.17) is 5.84 Å². The van der Waals surface area contributed by atoms with Crippen molar-refractivity contribution in [3.05, 3.63) is 23.0 Å². The van der Waals surface area contributed by atoms with Crippen molar-refractivity contribution in [1.29, 1.82) is 0 Å². The van der Waals surface area contributed by atoms with Crippen LogP contribution in [0.25, 0.3) is 0 Å². The fourth-order valence-electron chi connectivity index (χ4n) is 2.21. The van der Waals surface area contributed by atoms with Gasteiger partial charge in [0.2, 0.25) is 0 Å². The van der Waals surface area contributed by atoms with Crippen molar-refractivity contribution in [3.8, 4) is 0 Å². The Labute approximate surface area is 110 Å². The Balaban J connectivity index is 2.71. The summed E-state index contributed by atoms with van der Waals surface area (Å²) in [6.45, 7) is 6.30. The molecule has 0 amide bonds. The second-order valence-corrected chi connectivity index (χ2v) is 4.81. The maximum Gasteiger partial charge on any atom is 0.0676 e. The van der Waals surface area contributed by atoms with Gasteiger partial charge in [-0.3, -0.25) is 11.3 Å². The van der Waals surface area contributed by atoms with Crippen molar-refractivity contribution in [1.82, 2.24) is 15.6 Å². The first-order valence-corrected chi connectivity index (χ1v) is 7.02. The minimum atomic E-state index is 0.200. The first-order valence-electron chi connectivity index (χ1n) is 7.02. The van der Waals surface area contributed by atoms with Gasteiger partial charge in [0.1, 0.15) is 0 Å². The summed E-state index contributed by atoms with van der Waals surface area (Å²) in [5.41, 5.74) is 6.15. The summed E-state index contributed by atoms with van der Waals surface area (Å²) in [5, 5.41) is 8.38. The van der Waals surface area contributed by atoms with Crippen molar-refractivity contribution in [3.63, 3.8) is 0 Å². The Kier molecular flexibility index (Phi) is 6.83.